The van der Waals surface area contributed by atoms with Crippen molar-refractivity contribution in [3.63, 3.8) is 0 Å². The SMILES string of the molecule is O=C(Nc1ccc(Cl)cc1)Nc1ccccc1C(=O)NC1CCCCC1. The quantitative estimate of drug-likeness (QED) is 0.704. The van der Waals surface area contributed by atoms with Crippen LogP contribution in [0.4, 0.5) is 16.2 Å². The van der Waals surface area contributed by atoms with E-state index in [1.54, 1.807) is 48.5 Å². The number of benzene rings is 2. The molecular weight excluding hydrogens is 350 g/mol. The van der Waals surface area contributed by atoms with Gasteiger partial charge in [-0.1, -0.05) is 43.0 Å². The monoisotopic (exact) mass is 371 g/mol. The second-order valence-corrected chi connectivity index (χ2v) is 6.88. The Kier molecular flexibility index (Phi) is 6.12. The van der Waals surface area contributed by atoms with Crippen LogP contribution in [0.1, 0.15) is 42.5 Å². The van der Waals surface area contributed by atoms with E-state index in [0.29, 0.717) is 22.0 Å². The molecule has 1 aliphatic carbocycles. The largest absolute Gasteiger partial charge is 0.349 e. The predicted molar refractivity (Wildman–Crippen MR) is 105 cm³/mol. The van der Waals surface area contributed by atoms with Crippen molar-refractivity contribution >= 4 is 34.9 Å². The number of para-hydroxylation sites is 1. The molecule has 1 fully saturated rings. The maximum atomic E-state index is 12.6. The third kappa shape index (κ3) is 4.99. The van der Waals surface area contributed by atoms with E-state index >= 15 is 0 Å². The fourth-order valence-electron chi connectivity index (χ4n) is 3.12. The van der Waals surface area contributed by atoms with E-state index in [0.717, 1.165) is 25.7 Å². The van der Waals surface area contributed by atoms with Gasteiger partial charge in [0.15, 0.2) is 0 Å². The first-order valence-electron chi connectivity index (χ1n) is 8.85. The molecule has 136 valence electrons. The summed E-state index contributed by atoms with van der Waals surface area (Å²) in [7, 11) is 0. The van der Waals surface area contributed by atoms with Crippen LogP contribution in [0.3, 0.4) is 0 Å². The van der Waals surface area contributed by atoms with E-state index in [9.17, 15) is 9.59 Å². The van der Waals surface area contributed by atoms with E-state index < -0.39 is 6.03 Å². The van der Waals surface area contributed by atoms with Gasteiger partial charge in [0.25, 0.3) is 5.91 Å². The summed E-state index contributed by atoms with van der Waals surface area (Å²) in [5.74, 6) is -0.153. The van der Waals surface area contributed by atoms with Gasteiger partial charge in [0.1, 0.15) is 0 Å². The summed E-state index contributed by atoms with van der Waals surface area (Å²) in [6, 6.07) is 13.6. The van der Waals surface area contributed by atoms with E-state index in [4.69, 9.17) is 11.6 Å². The number of halogens is 1. The number of hydrogen-bond acceptors (Lipinski definition) is 2. The lowest BCUT2D eigenvalue weighted by molar-refractivity contribution is 0.0928. The van der Waals surface area contributed by atoms with Crippen molar-refractivity contribution in [1.29, 1.82) is 0 Å². The van der Waals surface area contributed by atoms with Gasteiger partial charge in [0.2, 0.25) is 0 Å². The molecule has 0 spiro atoms. The number of carbonyl (C=O) groups excluding carboxylic acids is 2. The molecule has 0 atom stereocenters. The van der Waals surface area contributed by atoms with Crippen LogP contribution in [0, 0.1) is 0 Å². The average molecular weight is 372 g/mol. The van der Waals surface area contributed by atoms with Crippen molar-refractivity contribution in [1.82, 2.24) is 5.32 Å². The lowest BCUT2D eigenvalue weighted by atomic mass is 9.95. The zero-order valence-corrected chi connectivity index (χ0v) is 15.2. The van der Waals surface area contributed by atoms with Crippen LogP contribution in [0.15, 0.2) is 48.5 Å². The summed E-state index contributed by atoms with van der Waals surface area (Å²) >= 11 is 5.84. The Morgan fingerprint density at radius 3 is 2.31 bits per heavy atom. The Morgan fingerprint density at radius 1 is 0.885 bits per heavy atom. The molecule has 3 amide bonds. The molecule has 0 heterocycles. The molecule has 0 unspecified atom stereocenters. The average Bonchev–Trinajstić information content (AvgIpc) is 2.65. The number of carbonyl (C=O) groups is 2. The van der Waals surface area contributed by atoms with Crippen LogP contribution < -0.4 is 16.0 Å². The van der Waals surface area contributed by atoms with Crippen molar-refractivity contribution in [2.24, 2.45) is 0 Å². The Labute approximate surface area is 158 Å². The minimum absolute atomic E-state index is 0.153. The number of urea groups is 1. The van der Waals surface area contributed by atoms with Crippen LogP contribution in [-0.2, 0) is 0 Å². The van der Waals surface area contributed by atoms with Crippen LogP contribution in [0.2, 0.25) is 5.02 Å². The number of anilines is 2. The number of rotatable bonds is 4. The minimum atomic E-state index is -0.412. The minimum Gasteiger partial charge on any atom is -0.349 e. The number of amides is 3. The van der Waals surface area contributed by atoms with E-state index in [2.05, 4.69) is 16.0 Å². The maximum Gasteiger partial charge on any atom is 0.323 e. The Balaban J connectivity index is 1.65. The van der Waals surface area contributed by atoms with Crippen molar-refractivity contribution in [3.05, 3.63) is 59.1 Å². The Bertz CT molecular complexity index is 771. The number of nitrogens with one attached hydrogen (secondary N) is 3. The van der Waals surface area contributed by atoms with Crippen molar-refractivity contribution in [2.45, 2.75) is 38.1 Å². The van der Waals surface area contributed by atoms with Gasteiger partial charge in [-0.15, -0.1) is 0 Å². The summed E-state index contributed by atoms with van der Waals surface area (Å²) in [5, 5.41) is 9.15. The van der Waals surface area contributed by atoms with Gasteiger partial charge in [0, 0.05) is 16.8 Å². The summed E-state index contributed by atoms with van der Waals surface area (Å²) in [6.45, 7) is 0. The highest BCUT2D eigenvalue weighted by Crippen LogP contribution is 2.20. The van der Waals surface area contributed by atoms with Crippen molar-refractivity contribution in [2.75, 3.05) is 10.6 Å². The molecule has 2 aromatic rings. The lowest BCUT2D eigenvalue weighted by Crippen LogP contribution is -2.36. The molecule has 3 N–H and O–H groups in total. The van der Waals surface area contributed by atoms with Gasteiger partial charge in [-0.3, -0.25) is 4.79 Å². The molecule has 0 bridgehead atoms. The van der Waals surface area contributed by atoms with Crippen LogP contribution in [0.25, 0.3) is 0 Å². The molecule has 26 heavy (non-hydrogen) atoms. The van der Waals surface area contributed by atoms with Crippen molar-refractivity contribution < 1.29 is 9.59 Å². The molecule has 3 rings (SSSR count). The molecule has 0 aromatic heterocycles. The Hall–Kier alpha value is -2.53. The highest BCUT2D eigenvalue weighted by atomic mass is 35.5. The van der Waals surface area contributed by atoms with Gasteiger partial charge >= 0.3 is 6.03 Å². The van der Waals surface area contributed by atoms with E-state index in [-0.39, 0.29) is 11.9 Å². The first kappa shape index (κ1) is 18.3. The fraction of sp³-hybridized carbons (Fsp3) is 0.300. The predicted octanol–water partition coefficient (Wildman–Crippen LogP) is 5.05. The standard InChI is InChI=1S/C20H22ClN3O2/c21-14-10-12-16(13-11-14)23-20(26)24-18-9-5-4-8-17(18)19(25)22-15-6-2-1-3-7-15/h4-5,8-13,15H,1-3,6-7H2,(H,22,25)(H2,23,24,26). The van der Waals surface area contributed by atoms with Gasteiger partial charge in [-0.2, -0.15) is 0 Å². The normalized spacial score (nSPS) is 14.5. The number of hydrogen-bond donors (Lipinski definition) is 3. The first-order valence-corrected chi connectivity index (χ1v) is 9.23. The van der Waals surface area contributed by atoms with Gasteiger partial charge in [-0.05, 0) is 49.2 Å². The first-order chi connectivity index (χ1) is 12.6. The maximum absolute atomic E-state index is 12.6. The topological polar surface area (TPSA) is 70.2 Å². The second kappa shape index (κ2) is 8.72. The summed E-state index contributed by atoms with van der Waals surface area (Å²) in [4.78, 5) is 24.9. The van der Waals surface area contributed by atoms with E-state index in [1.807, 2.05) is 0 Å². The van der Waals surface area contributed by atoms with Gasteiger partial charge in [0.05, 0.1) is 11.3 Å². The molecule has 0 radical (unpaired) electrons. The molecule has 0 aliphatic heterocycles. The highest BCUT2D eigenvalue weighted by Gasteiger charge is 2.19. The summed E-state index contributed by atoms with van der Waals surface area (Å²) in [5.41, 5.74) is 1.56. The smallest absolute Gasteiger partial charge is 0.323 e. The lowest BCUT2D eigenvalue weighted by Gasteiger charge is -2.23. The van der Waals surface area contributed by atoms with Crippen LogP contribution >= 0.6 is 11.6 Å². The third-order valence-corrected chi connectivity index (χ3v) is 4.71. The van der Waals surface area contributed by atoms with Gasteiger partial charge < -0.3 is 16.0 Å². The van der Waals surface area contributed by atoms with Crippen LogP contribution in [0.5, 0.6) is 0 Å². The zero-order chi connectivity index (χ0) is 18.4. The third-order valence-electron chi connectivity index (χ3n) is 4.46. The Morgan fingerprint density at radius 2 is 1.58 bits per heavy atom. The highest BCUT2D eigenvalue weighted by molar-refractivity contribution is 6.30. The van der Waals surface area contributed by atoms with Gasteiger partial charge in [-0.25, -0.2) is 4.79 Å². The molecular formula is C20H22ClN3O2. The molecule has 0 saturated heterocycles. The zero-order valence-electron chi connectivity index (χ0n) is 14.4. The molecule has 6 heteroatoms. The molecule has 1 aliphatic rings. The summed E-state index contributed by atoms with van der Waals surface area (Å²) < 4.78 is 0. The summed E-state index contributed by atoms with van der Waals surface area (Å²) in [6.07, 6.45) is 5.55. The van der Waals surface area contributed by atoms with Crippen molar-refractivity contribution in [3.8, 4) is 0 Å². The second-order valence-electron chi connectivity index (χ2n) is 6.44. The molecule has 1 saturated carbocycles. The molecule has 2 aromatic carbocycles. The van der Waals surface area contributed by atoms with Crippen LogP contribution in [-0.4, -0.2) is 18.0 Å². The fourth-order valence-corrected chi connectivity index (χ4v) is 3.24. The van der Waals surface area contributed by atoms with E-state index in [1.165, 1.54) is 6.42 Å². The molecule has 5 nitrogen and oxygen atoms in total.